The summed E-state index contributed by atoms with van der Waals surface area (Å²) in [6.07, 6.45) is 0. The third-order valence-electron chi connectivity index (χ3n) is 3.54. The Labute approximate surface area is 116 Å². The zero-order chi connectivity index (χ0) is 14.6. The molecule has 0 saturated heterocycles. The number of rotatable bonds is 5. The Balaban J connectivity index is 2.82. The molecule has 19 heavy (non-hydrogen) atoms. The summed E-state index contributed by atoms with van der Waals surface area (Å²) in [5, 5.41) is 2.96. The van der Waals surface area contributed by atoms with Gasteiger partial charge in [0.2, 0.25) is 5.91 Å². The molecule has 0 aliphatic rings. The van der Waals surface area contributed by atoms with E-state index in [0.717, 1.165) is 17.8 Å². The second-order valence-corrected chi connectivity index (χ2v) is 5.11. The van der Waals surface area contributed by atoms with E-state index in [9.17, 15) is 4.79 Å². The molecule has 0 aliphatic heterocycles. The van der Waals surface area contributed by atoms with Gasteiger partial charge in [-0.1, -0.05) is 13.0 Å². The van der Waals surface area contributed by atoms with Crippen LogP contribution in [0, 0.1) is 6.92 Å². The standard InChI is InChI=1S/C15H25N3O/c1-6-18(10(2)3)12(5)15(19)17-14-9-7-8-13(16)11(14)4/h7-10,12H,6,16H2,1-5H3,(H,17,19). The predicted octanol–water partition coefficient (Wildman–Crippen LogP) is 2.63. The van der Waals surface area contributed by atoms with Gasteiger partial charge in [-0.25, -0.2) is 0 Å². The quantitative estimate of drug-likeness (QED) is 0.803. The van der Waals surface area contributed by atoms with Crippen molar-refractivity contribution in [3.8, 4) is 0 Å². The van der Waals surface area contributed by atoms with Crippen LogP contribution in [0.4, 0.5) is 11.4 Å². The first-order valence-corrected chi connectivity index (χ1v) is 6.80. The number of nitrogen functional groups attached to an aromatic ring is 1. The maximum Gasteiger partial charge on any atom is 0.241 e. The van der Waals surface area contributed by atoms with Crippen LogP contribution in [0.25, 0.3) is 0 Å². The Morgan fingerprint density at radius 1 is 1.37 bits per heavy atom. The summed E-state index contributed by atoms with van der Waals surface area (Å²) < 4.78 is 0. The highest BCUT2D eigenvalue weighted by molar-refractivity contribution is 5.95. The third-order valence-corrected chi connectivity index (χ3v) is 3.54. The molecule has 0 aromatic heterocycles. The maximum absolute atomic E-state index is 12.3. The fourth-order valence-corrected chi connectivity index (χ4v) is 2.26. The van der Waals surface area contributed by atoms with Crippen LogP contribution in [0.2, 0.25) is 0 Å². The first-order valence-electron chi connectivity index (χ1n) is 6.80. The molecule has 1 aromatic rings. The lowest BCUT2D eigenvalue weighted by Gasteiger charge is -2.30. The average Bonchev–Trinajstić information content (AvgIpc) is 2.35. The Hall–Kier alpha value is -1.55. The van der Waals surface area contributed by atoms with Crippen molar-refractivity contribution in [1.29, 1.82) is 0 Å². The van der Waals surface area contributed by atoms with E-state index < -0.39 is 0 Å². The molecule has 1 atom stereocenters. The van der Waals surface area contributed by atoms with Crippen molar-refractivity contribution in [2.24, 2.45) is 0 Å². The summed E-state index contributed by atoms with van der Waals surface area (Å²) in [6.45, 7) is 11.0. The zero-order valence-corrected chi connectivity index (χ0v) is 12.5. The summed E-state index contributed by atoms with van der Waals surface area (Å²) in [6, 6.07) is 5.74. The number of amides is 1. The molecule has 0 aliphatic carbocycles. The van der Waals surface area contributed by atoms with Gasteiger partial charge < -0.3 is 11.1 Å². The van der Waals surface area contributed by atoms with Gasteiger partial charge >= 0.3 is 0 Å². The first-order chi connectivity index (χ1) is 8.88. The molecule has 0 spiro atoms. The largest absolute Gasteiger partial charge is 0.398 e. The van der Waals surface area contributed by atoms with E-state index in [0.29, 0.717) is 11.7 Å². The molecule has 1 amide bonds. The lowest BCUT2D eigenvalue weighted by atomic mass is 10.1. The first kappa shape index (κ1) is 15.5. The van der Waals surface area contributed by atoms with Crippen molar-refractivity contribution < 1.29 is 4.79 Å². The second kappa shape index (κ2) is 6.57. The van der Waals surface area contributed by atoms with Crippen molar-refractivity contribution >= 4 is 17.3 Å². The number of carbonyl (C=O) groups is 1. The SMILES string of the molecule is CCN(C(C)C)C(C)C(=O)Nc1cccc(N)c1C. The van der Waals surface area contributed by atoms with E-state index in [1.807, 2.05) is 32.0 Å². The van der Waals surface area contributed by atoms with Gasteiger partial charge in [0.1, 0.15) is 0 Å². The highest BCUT2D eigenvalue weighted by Crippen LogP contribution is 2.21. The normalized spacial score (nSPS) is 12.8. The fourth-order valence-electron chi connectivity index (χ4n) is 2.26. The molecule has 3 N–H and O–H groups in total. The van der Waals surface area contributed by atoms with E-state index in [-0.39, 0.29) is 11.9 Å². The molecular formula is C15H25N3O. The number of anilines is 2. The molecule has 4 nitrogen and oxygen atoms in total. The summed E-state index contributed by atoms with van der Waals surface area (Å²) in [5.74, 6) is 0.00394. The Kier molecular flexibility index (Phi) is 5.36. The summed E-state index contributed by atoms with van der Waals surface area (Å²) in [5.41, 5.74) is 8.24. The molecule has 1 aromatic carbocycles. The molecule has 1 rings (SSSR count). The van der Waals surface area contributed by atoms with Gasteiger partial charge in [0.05, 0.1) is 6.04 Å². The van der Waals surface area contributed by atoms with Gasteiger partial charge in [-0.15, -0.1) is 0 Å². The number of hydrogen-bond acceptors (Lipinski definition) is 3. The maximum atomic E-state index is 12.3. The van der Waals surface area contributed by atoms with Crippen molar-refractivity contribution in [2.45, 2.75) is 46.7 Å². The molecule has 0 bridgehead atoms. The van der Waals surface area contributed by atoms with E-state index in [1.165, 1.54) is 0 Å². The van der Waals surface area contributed by atoms with Gasteiger partial charge in [0.25, 0.3) is 0 Å². The molecule has 0 fully saturated rings. The number of nitrogens with two attached hydrogens (primary N) is 1. The van der Waals surface area contributed by atoms with Crippen LogP contribution < -0.4 is 11.1 Å². The minimum absolute atomic E-state index is 0.00394. The molecule has 1 unspecified atom stereocenters. The second-order valence-electron chi connectivity index (χ2n) is 5.11. The Morgan fingerprint density at radius 3 is 2.53 bits per heavy atom. The van der Waals surface area contributed by atoms with Crippen LogP contribution in [0.5, 0.6) is 0 Å². The number of carbonyl (C=O) groups excluding carboxylic acids is 1. The van der Waals surface area contributed by atoms with Crippen LogP contribution in [0.1, 0.15) is 33.3 Å². The van der Waals surface area contributed by atoms with Crippen molar-refractivity contribution in [3.63, 3.8) is 0 Å². The Bertz CT molecular complexity index is 443. The van der Waals surface area contributed by atoms with Crippen LogP contribution >= 0.6 is 0 Å². The van der Waals surface area contributed by atoms with Crippen LogP contribution in [-0.4, -0.2) is 29.4 Å². The lowest BCUT2D eigenvalue weighted by molar-refractivity contribution is -0.121. The summed E-state index contributed by atoms with van der Waals surface area (Å²) in [7, 11) is 0. The molecule has 106 valence electrons. The van der Waals surface area contributed by atoms with E-state index in [1.54, 1.807) is 0 Å². The van der Waals surface area contributed by atoms with Gasteiger partial charge in [-0.3, -0.25) is 9.69 Å². The van der Waals surface area contributed by atoms with Gasteiger partial charge in [-0.05, 0) is 51.9 Å². The Morgan fingerprint density at radius 2 is 2.00 bits per heavy atom. The summed E-state index contributed by atoms with van der Waals surface area (Å²) >= 11 is 0. The topological polar surface area (TPSA) is 58.4 Å². The number of nitrogens with zero attached hydrogens (tertiary/aromatic N) is 1. The van der Waals surface area contributed by atoms with Crippen molar-refractivity contribution in [2.75, 3.05) is 17.6 Å². The van der Waals surface area contributed by atoms with Crippen LogP contribution in [0.3, 0.4) is 0 Å². The van der Waals surface area contributed by atoms with E-state index in [2.05, 4.69) is 31.0 Å². The van der Waals surface area contributed by atoms with Gasteiger partial charge in [0.15, 0.2) is 0 Å². The number of nitrogens with one attached hydrogen (secondary N) is 1. The fraction of sp³-hybridized carbons (Fsp3) is 0.533. The highest BCUT2D eigenvalue weighted by atomic mass is 16.2. The number of likely N-dealkylation sites (N-methyl/N-ethyl adjacent to an activating group) is 1. The number of hydrogen-bond donors (Lipinski definition) is 2. The minimum Gasteiger partial charge on any atom is -0.398 e. The van der Waals surface area contributed by atoms with Gasteiger partial charge in [0, 0.05) is 17.4 Å². The zero-order valence-electron chi connectivity index (χ0n) is 12.5. The van der Waals surface area contributed by atoms with E-state index in [4.69, 9.17) is 5.73 Å². The van der Waals surface area contributed by atoms with E-state index >= 15 is 0 Å². The molecular weight excluding hydrogens is 238 g/mol. The van der Waals surface area contributed by atoms with Crippen molar-refractivity contribution in [3.05, 3.63) is 23.8 Å². The lowest BCUT2D eigenvalue weighted by Crippen LogP contribution is -2.45. The minimum atomic E-state index is -0.161. The van der Waals surface area contributed by atoms with Crippen LogP contribution in [0.15, 0.2) is 18.2 Å². The smallest absolute Gasteiger partial charge is 0.241 e. The molecule has 0 saturated carbocycles. The molecule has 4 heteroatoms. The highest BCUT2D eigenvalue weighted by Gasteiger charge is 2.22. The van der Waals surface area contributed by atoms with Crippen molar-refractivity contribution in [1.82, 2.24) is 4.90 Å². The monoisotopic (exact) mass is 263 g/mol. The number of benzene rings is 1. The van der Waals surface area contributed by atoms with Crippen LogP contribution in [-0.2, 0) is 4.79 Å². The average molecular weight is 263 g/mol. The summed E-state index contributed by atoms with van der Waals surface area (Å²) in [4.78, 5) is 14.4. The predicted molar refractivity (Wildman–Crippen MR) is 81.2 cm³/mol. The molecule has 0 heterocycles. The molecule has 0 radical (unpaired) electrons. The third kappa shape index (κ3) is 3.70. The van der Waals surface area contributed by atoms with Gasteiger partial charge in [-0.2, -0.15) is 0 Å².